The molecule has 8 heteroatoms. The lowest BCUT2D eigenvalue weighted by molar-refractivity contribution is -0.115. The van der Waals surface area contributed by atoms with Gasteiger partial charge in [0.2, 0.25) is 15.9 Å². The first kappa shape index (κ1) is 16.4. The number of carbonyl (C=O) groups is 1. The van der Waals surface area contributed by atoms with Crippen molar-refractivity contribution in [1.82, 2.24) is 9.62 Å². The summed E-state index contributed by atoms with van der Waals surface area (Å²) in [6.45, 7) is 1.19. The smallest absolute Gasteiger partial charge is 0.243 e. The van der Waals surface area contributed by atoms with Crippen LogP contribution in [0, 0.1) is 0 Å². The molecule has 0 saturated heterocycles. The SMILES string of the molecule is CNCCCN(C)S(=O)(=O)c1cc2c(cc1Br)NC(=O)C2. The molecule has 1 aromatic rings. The number of nitrogens with one attached hydrogen (secondary N) is 2. The third-order valence-electron chi connectivity index (χ3n) is 3.37. The summed E-state index contributed by atoms with van der Waals surface area (Å²) < 4.78 is 27.0. The van der Waals surface area contributed by atoms with Crippen molar-refractivity contribution >= 4 is 37.5 Å². The molecule has 116 valence electrons. The molecule has 2 N–H and O–H groups in total. The zero-order valence-electron chi connectivity index (χ0n) is 11.9. The van der Waals surface area contributed by atoms with Crippen molar-refractivity contribution in [2.75, 3.05) is 32.5 Å². The Bertz CT molecular complexity index is 661. The maximum atomic E-state index is 12.6. The molecule has 1 aliphatic rings. The molecule has 0 unspecified atom stereocenters. The highest BCUT2D eigenvalue weighted by atomic mass is 79.9. The zero-order chi connectivity index (χ0) is 15.6. The molecule has 21 heavy (non-hydrogen) atoms. The van der Waals surface area contributed by atoms with Gasteiger partial charge >= 0.3 is 0 Å². The van der Waals surface area contributed by atoms with Crippen LogP contribution in [0.3, 0.4) is 0 Å². The maximum Gasteiger partial charge on any atom is 0.243 e. The maximum absolute atomic E-state index is 12.6. The second-order valence-corrected chi connectivity index (χ2v) is 7.82. The Labute approximate surface area is 133 Å². The van der Waals surface area contributed by atoms with Crippen molar-refractivity contribution in [3.05, 3.63) is 22.2 Å². The van der Waals surface area contributed by atoms with E-state index in [9.17, 15) is 13.2 Å². The molecular weight excluding hydrogens is 358 g/mol. The van der Waals surface area contributed by atoms with Gasteiger partial charge in [0, 0.05) is 23.8 Å². The van der Waals surface area contributed by atoms with E-state index in [1.807, 2.05) is 7.05 Å². The van der Waals surface area contributed by atoms with Gasteiger partial charge < -0.3 is 10.6 Å². The van der Waals surface area contributed by atoms with Gasteiger partial charge in [0.05, 0.1) is 11.3 Å². The zero-order valence-corrected chi connectivity index (χ0v) is 14.3. The number of amides is 1. The number of carbonyl (C=O) groups excluding carboxylic acids is 1. The normalized spacial score (nSPS) is 14.4. The van der Waals surface area contributed by atoms with Crippen molar-refractivity contribution in [3.8, 4) is 0 Å². The van der Waals surface area contributed by atoms with Gasteiger partial charge in [0.15, 0.2) is 0 Å². The highest BCUT2D eigenvalue weighted by Gasteiger charge is 2.27. The minimum absolute atomic E-state index is 0.117. The summed E-state index contributed by atoms with van der Waals surface area (Å²) in [5, 5.41) is 5.69. The summed E-state index contributed by atoms with van der Waals surface area (Å²) in [6.07, 6.45) is 0.948. The fourth-order valence-corrected chi connectivity index (χ4v) is 4.45. The van der Waals surface area contributed by atoms with Gasteiger partial charge in [-0.1, -0.05) is 0 Å². The average Bonchev–Trinajstić information content (AvgIpc) is 2.76. The number of nitrogens with zero attached hydrogens (tertiary/aromatic N) is 1. The van der Waals surface area contributed by atoms with Crippen LogP contribution in [-0.4, -0.2) is 45.8 Å². The van der Waals surface area contributed by atoms with Crippen LogP contribution in [0.5, 0.6) is 0 Å². The standard InChI is InChI=1S/C13H18BrN3O3S/c1-15-4-3-5-17(2)21(19,20)12-6-9-7-13(18)16-11(9)8-10(12)14/h6,8,15H,3-5,7H2,1-2H3,(H,16,18). The van der Waals surface area contributed by atoms with Gasteiger partial charge in [-0.2, -0.15) is 0 Å². The number of benzene rings is 1. The molecule has 0 fully saturated rings. The van der Waals surface area contributed by atoms with Gasteiger partial charge in [-0.3, -0.25) is 4.79 Å². The van der Waals surface area contributed by atoms with E-state index in [2.05, 4.69) is 26.6 Å². The first-order valence-electron chi connectivity index (χ1n) is 6.59. The molecule has 0 spiro atoms. The second-order valence-electron chi connectivity index (χ2n) is 4.95. The van der Waals surface area contributed by atoms with Crippen LogP contribution >= 0.6 is 15.9 Å². The van der Waals surface area contributed by atoms with Crippen LogP contribution in [0.2, 0.25) is 0 Å². The van der Waals surface area contributed by atoms with E-state index in [0.29, 0.717) is 22.3 Å². The molecule has 0 atom stereocenters. The molecule has 1 amide bonds. The molecule has 0 radical (unpaired) electrons. The monoisotopic (exact) mass is 375 g/mol. The van der Waals surface area contributed by atoms with Crippen LogP contribution in [-0.2, 0) is 21.2 Å². The topological polar surface area (TPSA) is 78.5 Å². The van der Waals surface area contributed by atoms with Crippen LogP contribution in [0.4, 0.5) is 5.69 Å². The number of anilines is 1. The van der Waals surface area contributed by atoms with Gasteiger partial charge in [0.1, 0.15) is 0 Å². The summed E-state index contributed by atoms with van der Waals surface area (Å²) in [5.74, 6) is -0.117. The summed E-state index contributed by atoms with van der Waals surface area (Å²) >= 11 is 3.29. The molecule has 1 heterocycles. The molecule has 0 aliphatic carbocycles. The lowest BCUT2D eigenvalue weighted by Gasteiger charge is -2.18. The Balaban J connectivity index is 2.28. The quantitative estimate of drug-likeness (QED) is 0.731. The first-order valence-corrected chi connectivity index (χ1v) is 8.83. The lowest BCUT2D eigenvalue weighted by Crippen LogP contribution is -2.29. The van der Waals surface area contributed by atoms with E-state index in [4.69, 9.17) is 0 Å². The van der Waals surface area contributed by atoms with Crippen LogP contribution in [0.1, 0.15) is 12.0 Å². The number of fused-ring (bicyclic) bond motifs is 1. The Morgan fingerprint density at radius 2 is 2.14 bits per heavy atom. The van der Waals surface area contributed by atoms with Crippen LogP contribution in [0.25, 0.3) is 0 Å². The number of hydrogen-bond donors (Lipinski definition) is 2. The summed E-state index contributed by atoms with van der Waals surface area (Å²) in [7, 11) is -0.177. The average molecular weight is 376 g/mol. The fraction of sp³-hybridized carbons (Fsp3) is 0.462. The van der Waals surface area contributed by atoms with E-state index < -0.39 is 10.0 Å². The molecule has 0 saturated carbocycles. The Kier molecular flexibility index (Phi) is 5.03. The lowest BCUT2D eigenvalue weighted by atomic mass is 10.2. The summed E-state index contributed by atoms with van der Waals surface area (Å²) in [5.41, 5.74) is 1.38. The van der Waals surface area contributed by atoms with Crippen molar-refractivity contribution in [2.45, 2.75) is 17.7 Å². The summed E-state index contributed by atoms with van der Waals surface area (Å²) in [6, 6.07) is 3.22. The van der Waals surface area contributed by atoms with Gasteiger partial charge in [0.25, 0.3) is 0 Å². The van der Waals surface area contributed by atoms with E-state index in [1.165, 1.54) is 4.31 Å². The highest BCUT2D eigenvalue weighted by Crippen LogP contribution is 2.33. The molecule has 1 aliphatic heterocycles. The van der Waals surface area contributed by atoms with E-state index >= 15 is 0 Å². The van der Waals surface area contributed by atoms with Crippen molar-refractivity contribution < 1.29 is 13.2 Å². The van der Waals surface area contributed by atoms with Crippen LogP contribution < -0.4 is 10.6 Å². The Hall–Kier alpha value is -0.960. The Morgan fingerprint density at radius 1 is 1.43 bits per heavy atom. The molecular formula is C13H18BrN3O3S. The third kappa shape index (κ3) is 3.45. The summed E-state index contributed by atoms with van der Waals surface area (Å²) in [4.78, 5) is 11.6. The Morgan fingerprint density at radius 3 is 2.81 bits per heavy atom. The van der Waals surface area contributed by atoms with Gasteiger partial charge in [-0.05, 0) is 53.6 Å². The van der Waals surface area contributed by atoms with E-state index in [1.54, 1.807) is 19.2 Å². The fourth-order valence-electron chi connectivity index (χ4n) is 2.19. The van der Waals surface area contributed by atoms with Crippen molar-refractivity contribution in [3.63, 3.8) is 0 Å². The number of rotatable bonds is 6. The third-order valence-corrected chi connectivity index (χ3v) is 6.19. The van der Waals surface area contributed by atoms with E-state index in [0.717, 1.165) is 13.0 Å². The molecule has 6 nitrogen and oxygen atoms in total. The highest BCUT2D eigenvalue weighted by molar-refractivity contribution is 9.10. The van der Waals surface area contributed by atoms with Crippen molar-refractivity contribution in [2.24, 2.45) is 0 Å². The van der Waals surface area contributed by atoms with Crippen molar-refractivity contribution in [1.29, 1.82) is 0 Å². The number of sulfonamides is 1. The largest absolute Gasteiger partial charge is 0.325 e. The molecule has 1 aromatic carbocycles. The van der Waals surface area contributed by atoms with Gasteiger partial charge in [-0.25, -0.2) is 12.7 Å². The predicted octanol–water partition coefficient (Wildman–Crippen LogP) is 1.17. The number of hydrogen-bond acceptors (Lipinski definition) is 4. The van der Waals surface area contributed by atoms with E-state index in [-0.39, 0.29) is 17.2 Å². The number of halogens is 1. The first-order chi connectivity index (χ1) is 9.86. The predicted molar refractivity (Wildman–Crippen MR) is 84.8 cm³/mol. The molecule has 0 aromatic heterocycles. The van der Waals surface area contributed by atoms with Crippen LogP contribution in [0.15, 0.2) is 21.5 Å². The minimum Gasteiger partial charge on any atom is -0.325 e. The second kappa shape index (κ2) is 6.43. The van der Waals surface area contributed by atoms with Gasteiger partial charge in [-0.15, -0.1) is 0 Å². The molecule has 2 rings (SSSR count). The molecule has 0 bridgehead atoms. The minimum atomic E-state index is -3.57.